The number of urea groups is 1. The molecule has 0 unspecified atom stereocenters. The Morgan fingerprint density at radius 2 is 2.08 bits per heavy atom. The maximum atomic E-state index is 12.6. The largest absolute Gasteiger partial charge is 0.358 e. The van der Waals surface area contributed by atoms with Crippen LogP contribution < -0.4 is 10.6 Å². The summed E-state index contributed by atoms with van der Waals surface area (Å²) in [6, 6.07) is 5.38. The van der Waals surface area contributed by atoms with Crippen LogP contribution in [-0.2, 0) is 22.4 Å². The van der Waals surface area contributed by atoms with E-state index in [0.717, 1.165) is 29.8 Å². The van der Waals surface area contributed by atoms with Crippen LogP contribution in [0.25, 0.3) is 0 Å². The van der Waals surface area contributed by atoms with Crippen molar-refractivity contribution in [3.63, 3.8) is 0 Å². The van der Waals surface area contributed by atoms with Crippen molar-refractivity contribution in [2.75, 3.05) is 11.9 Å². The van der Waals surface area contributed by atoms with Crippen LogP contribution in [0.1, 0.15) is 24.5 Å². The van der Waals surface area contributed by atoms with Gasteiger partial charge in [0.25, 0.3) is 0 Å². The normalized spacial score (nSPS) is 20.4. The summed E-state index contributed by atoms with van der Waals surface area (Å²) in [6.07, 6.45) is 6.43. The summed E-state index contributed by atoms with van der Waals surface area (Å²) in [6.45, 7) is 5.36. The van der Waals surface area contributed by atoms with Gasteiger partial charge >= 0.3 is 6.03 Å². The van der Waals surface area contributed by atoms with Gasteiger partial charge in [0, 0.05) is 17.9 Å². The van der Waals surface area contributed by atoms with E-state index in [2.05, 4.69) is 29.3 Å². The standard InChI is InChI=1S/C19H21N3O3/c1-3-10-22-18(24)16(17(23)21-19(22)25)15(4-2)20-14-9-8-12-6-5-7-13(12)11-14/h3-4,8-9,11,16,20H,1,5-7,10H2,2H3,(H,21,23,25)/b15-4+/t16-/m0/s1. The zero-order valence-corrected chi connectivity index (χ0v) is 14.2. The predicted octanol–water partition coefficient (Wildman–Crippen LogP) is 2.37. The number of allylic oxidation sites excluding steroid dienone is 1. The smallest absolute Gasteiger partial charge is 0.331 e. The van der Waals surface area contributed by atoms with E-state index in [1.165, 1.54) is 17.2 Å². The lowest BCUT2D eigenvalue weighted by Gasteiger charge is -2.31. The molecular formula is C19H21N3O3. The second kappa shape index (κ2) is 6.93. The Balaban J connectivity index is 1.84. The summed E-state index contributed by atoms with van der Waals surface area (Å²) in [5, 5.41) is 5.42. The fourth-order valence-electron chi connectivity index (χ4n) is 3.32. The quantitative estimate of drug-likeness (QED) is 0.638. The zero-order valence-electron chi connectivity index (χ0n) is 14.2. The molecule has 2 aliphatic rings. The minimum absolute atomic E-state index is 0.0598. The molecule has 0 saturated carbocycles. The molecule has 1 fully saturated rings. The Morgan fingerprint density at radius 3 is 2.80 bits per heavy atom. The number of rotatable bonds is 5. The summed E-state index contributed by atoms with van der Waals surface area (Å²) in [4.78, 5) is 37.7. The highest BCUT2D eigenvalue weighted by molar-refractivity contribution is 6.18. The first-order chi connectivity index (χ1) is 12.0. The molecule has 130 valence electrons. The summed E-state index contributed by atoms with van der Waals surface area (Å²) in [5.74, 6) is -2.23. The van der Waals surface area contributed by atoms with E-state index >= 15 is 0 Å². The third-order valence-corrected chi connectivity index (χ3v) is 4.57. The predicted molar refractivity (Wildman–Crippen MR) is 94.8 cm³/mol. The maximum Gasteiger partial charge on any atom is 0.331 e. The van der Waals surface area contributed by atoms with Gasteiger partial charge in [0.05, 0.1) is 0 Å². The molecule has 0 radical (unpaired) electrons. The van der Waals surface area contributed by atoms with Gasteiger partial charge in [0.2, 0.25) is 11.8 Å². The molecule has 0 bridgehead atoms. The lowest BCUT2D eigenvalue weighted by Crippen LogP contribution is -2.58. The van der Waals surface area contributed by atoms with Crippen molar-refractivity contribution in [3.8, 4) is 0 Å². The van der Waals surface area contributed by atoms with E-state index in [1.807, 2.05) is 6.07 Å². The average molecular weight is 339 g/mol. The highest BCUT2D eigenvalue weighted by Gasteiger charge is 2.42. The van der Waals surface area contributed by atoms with Crippen molar-refractivity contribution in [2.45, 2.75) is 26.2 Å². The maximum absolute atomic E-state index is 12.6. The first-order valence-corrected chi connectivity index (χ1v) is 8.37. The van der Waals surface area contributed by atoms with E-state index in [9.17, 15) is 14.4 Å². The molecule has 2 N–H and O–H groups in total. The molecule has 4 amide bonds. The number of carbonyl (C=O) groups excluding carboxylic acids is 3. The Morgan fingerprint density at radius 1 is 1.32 bits per heavy atom. The minimum atomic E-state index is -1.07. The molecule has 1 atom stereocenters. The molecule has 1 aliphatic carbocycles. The molecular weight excluding hydrogens is 318 g/mol. The van der Waals surface area contributed by atoms with Crippen molar-refractivity contribution in [2.24, 2.45) is 5.92 Å². The monoisotopic (exact) mass is 339 g/mol. The van der Waals surface area contributed by atoms with Crippen molar-refractivity contribution in [1.82, 2.24) is 10.2 Å². The van der Waals surface area contributed by atoms with Crippen LogP contribution in [0, 0.1) is 5.92 Å². The van der Waals surface area contributed by atoms with E-state index < -0.39 is 23.8 Å². The molecule has 1 saturated heterocycles. The number of nitrogens with one attached hydrogen (secondary N) is 2. The Labute approximate surface area is 146 Å². The summed E-state index contributed by atoms with van der Waals surface area (Å²) < 4.78 is 0. The van der Waals surface area contributed by atoms with Crippen LogP contribution in [0.15, 0.2) is 42.6 Å². The van der Waals surface area contributed by atoms with Gasteiger partial charge in [-0.2, -0.15) is 0 Å². The molecule has 1 aromatic rings. The van der Waals surface area contributed by atoms with Crippen LogP contribution in [0.2, 0.25) is 0 Å². The first kappa shape index (κ1) is 17.0. The lowest BCUT2D eigenvalue weighted by atomic mass is 9.99. The van der Waals surface area contributed by atoms with Crippen molar-refractivity contribution >= 4 is 23.5 Å². The van der Waals surface area contributed by atoms with Crippen LogP contribution in [-0.4, -0.2) is 29.3 Å². The van der Waals surface area contributed by atoms with Gasteiger partial charge in [-0.15, -0.1) is 6.58 Å². The molecule has 0 spiro atoms. The van der Waals surface area contributed by atoms with Crippen LogP contribution in [0.4, 0.5) is 10.5 Å². The minimum Gasteiger partial charge on any atom is -0.358 e. The lowest BCUT2D eigenvalue weighted by molar-refractivity contribution is -0.140. The number of anilines is 1. The van der Waals surface area contributed by atoms with E-state index in [-0.39, 0.29) is 6.54 Å². The number of fused-ring (bicyclic) bond motifs is 1. The van der Waals surface area contributed by atoms with Gasteiger partial charge in [-0.1, -0.05) is 18.2 Å². The van der Waals surface area contributed by atoms with E-state index in [1.54, 1.807) is 13.0 Å². The van der Waals surface area contributed by atoms with Gasteiger partial charge in [-0.05, 0) is 49.4 Å². The Bertz CT molecular complexity index is 782. The summed E-state index contributed by atoms with van der Waals surface area (Å²) >= 11 is 0. The molecule has 1 aromatic carbocycles. The second-order valence-corrected chi connectivity index (χ2v) is 6.17. The fourth-order valence-corrected chi connectivity index (χ4v) is 3.32. The van der Waals surface area contributed by atoms with Gasteiger partial charge in [-0.25, -0.2) is 4.79 Å². The second-order valence-electron chi connectivity index (χ2n) is 6.17. The topological polar surface area (TPSA) is 78.5 Å². The first-order valence-electron chi connectivity index (χ1n) is 8.37. The van der Waals surface area contributed by atoms with Crippen molar-refractivity contribution in [1.29, 1.82) is 0 Å². The molecule has 1 aliphatic heterocycles. The average Bonchev–Trinajstić information content (AvgIpc) is 3.05. The van der Waals surface area contributed by atoms with E-state index in [4.69, 9.17) is 0 Å². The molecule has 25 heavy (non-hydrogen) atoms. The number of benzene rings is 1. The van der Waals surface area contributed by atoms with Crippen LogP contribution in [0.5, 0.6) is 0 Å². The number of hydrogen-bond donors (Lipinski definition) is 2. The molecule has 6 heteroatoms. The van der Waals surface area contributed by atoms with E-state index in [0.29, 0.717) is 5.70 Å². The highest BCUT2D eigenvalue weighted by atomic mass is 16.2. The Hall–Kier alpha value is -2.89. The van der Waals surface area contributed by atoms with Crippen LogP contribution >= 0.6 is 0 Å². The molecule has 3 rings (SSSR count). The van der Waals surface area contributed by atoms with Crippen molar-refractivity contribution in [3.05, 3.63) is 53.8 Å². The number of hydrogen-bond acceptors (Lipinski definition) is 4. The number of nitrogens with zero attached hydrogens (tertiary/aromatic N) is 1. The molecule has 0 aromatic heterocycles. The molecule has 6 nitrogen and oxygen atoms in total. The third kappa shape index (κ3) is 3.20. The number of aryl methyl sites for hydroxylation is 2. The summed E-state index contributed by atoms with van der Waals surface area (Å²) in [7, 11) is 0. The van der Waals surface area contributed by atoms with Gasteiger partial charge in [0.15, 0.2) is 5.92 Å². The third-order valence-electron chi connectivity index (χ3n) is 4.57. The number of barbiturate groups is 1. The van der Waals surface area contributed by atoms with Gasteiger partial charge < -0.3 is 5.32 Å². The molecule has 1 heterocycles. The zero-order chi connectivity index (χ0) is 18.0. The summed E-state index contributed by atoms with van der Waals surface area (Å²) in [5.41, 5.74) is 3.94. The van der Waals surface area contributed by atoms with Crippen molar-refractivity contribution < 1.29 is 14.4 Å². The number of imide groups is 2. The highest BCUT2D eigenvalue weighted by Crippen LogP contribution is 2.27. The number of amides is 4. The fraction of sp³-hybridized carbons (Fsp3) is 0.316. The van der Waals surface area contributed by atoms with Gasteiger partial charge in [-0.3, -0.25) is 19.8 Å². The SMILES string of the molecule is C=CCN1C(=O)NC(=O)[C@H](/C(=C\C)Nc2ccc3c(c2)CCC3)C1=O. The Kier molecular flexibility index (Phi) is 4.70. The van der Waals surface area contributed by atoms with Gasteiger partial charge in [0.1, 0.15) is 0 Å². The van der Waals surface area contributed by atoms with Crippen LogP contribution in [0.3, 0.4) is 0 Å². The number of carbonyl (C=O) groups is 3.